The number of nitrogens with zero attached hydrogens (tertiary/aromatic N) is 2. The van der Waals surface area contributed by atoms with Crippen molar-refractivity contribution < 1.29 is 10.2 Å². The molecule has 6 heteroatoms. The largest absolute Gasteiger partial charge is 0.394 e. The van der Waals surface area contributed by atoms with Gasteiger partial charge in [0, 0.05) is 25.2 Å². The third-order valence-electron chi connectivity index (χ3n) is 4.13. The van der Waals surface area contributed by atoms with Gasteiger partial charge in [0.1, 0.15) is 0 Å². The van der Waals surface area contributed by atoms with Crippen molar-refractivity contribution >= 4 is 5.57 Å². The summed E-state index contributed by atoms with van der Waals surface area (Å²) in [4.78, 5) is 20.8. The fourth-order valence-corrected chi connectivity index (χ4v) is 2.98. The van der Waals surface area contributed by atoms with E-state index in [2.05, 4.69) is 14.9 Å². The van der Waals surface area contributed by atoms with Crippen LogP contribution in [0.5, 0.6) is 0 Å². The van der Waals surface area contributed by atoms with Crippen molar-refractivity contribution in [2.45, 2.75) is 19.1 Å². The number of fused-ring (bicyclic) bond motifs is 1. The van der Waals surface area contributed by atoms with Crippen LogP contribution < -0.4 is 5.56 Å². The zero-order chi connectivity index (χ0) is 16.9. The molecule has 0 saturated carbocycles. The van der Waals surface area contributed by atoms with Crippen molar-refractivity contribution in [2.24, 2.45) is 0 Å². The molecule has 0 aliphatic heterocycles. The number of aliphatic hydroxyl groups excluding tert-OH is 2. The average molecular weight is 327 g/mol. The van der Waals surface area contributed by atoms with E-state index < -0.39 is 6.10 Å². The fourth-order valence-electron chi connectivity index (χ4n) is 2.98. The van der Waals surface area contributed by atoms with Gasteiger partial charge in [-0.1, -0.05) is 36.4 Å². The van der Waals surface area contributed by atoms with Crippen molar-refractivity contribution in [1.29, 1.82) is 0 Å². The minimum Gasteiger partial charge on any atom is -0.394 e. The maximum atomic E-state index is 11.8. The lowest BCUT2D eigenvalue weighted by atomic mass is 10.1. The van der Waals surface area contributed by atoms with Crippen LogP contribution in [-0.2, 0) is 13.0 Å². The van der Waals surface area contributed by atoms with Gasteiger partial charge in [0.25, 0.3) is 5.56 Å². The van der Waals surface area contributed by atoms with Gasteiger partial charge in [0.2, 0.25) is 0 Å². The molecule has 6 nitrogen and oxygen atoms in total. The van der Waals surface area contributed by atoms with E-state index in [4.69, 9.17) is 5.11 Å². The first-order chi connectivity index (χ1) is 11.7. The predicted molar refractivity (Wildman–Crippen MR) is 91.4 cm³/mol. The van der Waals surface area contributed by atoms with E-state index in [0.717, 1.165) is 16.8 Å². The maximum absolute atomic E-state index is 11.8. The number of rotatable bonds is 7. The Labute approximate surface area is 140 Å². The number of benzene rings is 1. The summed E-state index contributed by atoms with van der Waals surface area (Å²) < 4.78 is 0. The SMILES string of the molecule is O=c1[nH]cnc2c1CC=C2CN(Cc1ccccc1)C[C@@H](O)CO. The molecule has 0 bridgehead atoms. The predicted octanol–water partition coefficient (Wildman–Crippen LogP) is 0.565. The molecule has 1 aliphatic rings. The van der Waals surface area contributed by atoms with E-state index in [1.54, 1.807) is 0 Å². The van der Waals surface area contributed by atoms with Crippen molar-refractivity contribution in [3.05, 3.63) is 69.9 Å². The quantitative estimate of drug-likeness (QED) is 0.692. The normalized spacial score (nSPS) is 14.5. The van der Waals surface area contributed by atoms with Crippen molar-refractivity contribution in [2.75, 3.05) is 19.7 Å². The number of aromatic nitrogens is 2. The minimum atomic E-state index is -0.803. The van der Waals surface area contributed by atoms with Gasteiger partial charge in [-0.3, -0.25) is 9.69 Å². The summed E-state index contributed by atoms with van der Waals surface area (Å²) in [7, 11) is 0. The molecular formula is C18H21N3O3. The van der Waals surface area contributed by atoms with E-state index in [1.807, 2.05) is 36.4 Å². The van der Waals surface area contributed by atoms with Crippen molar-refractivity contribution in [3.8, 4) is 0 Å². The van der Waals surface area contributed by atoms with Crippen LogP contribution in [0.2, 0.25) is 0 Å². The highest BCUT2D eigenvalue weighted by Gasteiger charge is 2.21. The molecule has 0 fully saturated rings. The number of aromatic amines is 1. The smallest absolute Gasteiger partial charge is 0.254 e. The molecule has 0 unspecified atom stereocenters. The molecule has 0 saturated heterocycles. The number of aliphatic hydroxyl groups is 2. The number of hydrogen-bond donors (Lipinski definition) is 3. The number of nitrogens with one attached hydrogen (secondary N) is 1. The van der Waals surface area contributed by atoms with Gasteiger partial charge in [0.05, 0.1) is 24.7 Å². The van der Waals surface area contributed by atoms with E-state index in [-0.39, 0.29) is 12.2 Å². The Hall–Kier alpha value is -2.28. The van der Waals surface area contributed by atoms with E-state index >= 15 is 0 Å². The van der Waals surface area contributed by atoms with Crippen LogP contribution in [0.3, 0.4) is 0 Å². The molecule has 3 rings (SSSR count). The van der Waals surface area contributed by atoms with Crippen LogP contribution in [0.1, 0.15) is 16.8 Å². The van der Waals surface area contributed by atoms with Crippen LogP contribution >= 0.6 is 0 Å². The highest BCUT2D eigenvalue weighted by Crippen LogP contribution is 2.24. The van der Waals surface area contributed by atoms with E-state index in [9.17, 15) is 9.90 Å². The number of H-pyrrole nitrogens is 1. The molecule has 1 heterocycles. The first-order valence-electron chi connectivity index (χ1n) is 7.98. The van der Waals surface area contributed by atoms with Crippen LogP contribution in [-0.4, -0.2) is 50.9 Å². The van der Waals surface area contributed by atoms with Gasteiger partial charge >= 0.3 is 0 Å². The highest BCUT2D eigenvalue weighted by molar-refractivity contribution is 5.70. The summed E-state index contributed by atoms with van der Waals surface area (Å²) in [6.07, 6.45) is 3.21. The fraction of sp³-hybridized carbons (Fsp3) is 0.333. The Morgan fingerprint density at radius 3 is 2.79 bits per heavy atom. The second kappa shape index (κ2) is 7.53. The molecule has 3 N–H and O–H groups in total. The monoisotopic (exact) mass is 327 g/mol. The van der Waals surface area contributed by atoms with Gasteiger partial charge in [-0.25, -0.2) is 4.98 Å². The molecule has 0 radical (unpaired) electrons. The summed E-state index contributed by atoms with van der Waals surface area (Å²) >= 11 is 0. The van der Waals surface area contributed by atoms with E-state index in [1.165, 1.54) is 6.33 Å². The van der Waals surface area contributed by atoms with Gasteiger partial charge in [-0.05, 0) is 17.6 Å². The molecule has 1 atom stereocenters. The molecule has 1 aliphatic carbocycles. The van der Waals surface area contributed by atoms with Crippen LogP contribution in [0.15, 0.2) is 47.5 Å². The topological polar surface area (TPSA) is 89.5 Å². The van der Waals surface area contributed by atoms with Crippen LogP contribution in [0.4, 0.5) is 0 Å². The third-order valence-corrected chi connectivity index (χ3v) is 4.13. The number of hydrogen-bond acceptors (Lipinski definition) is 5. The Balaban J connectivity index is 1.78. The summed E-state index contributed by atoms with van der Waals surface area (Å²) in [5, 5.41) is 19.0. The van der Waals surface area contributed by atoms with E-state index in [0.29, 0.717) is 31.6 Å². The first kappa shape index (κ1) is 16.6. The summed E-state index contributed by atoms with van der Waals surface area (Å²) in [6.45, 7) is 1.28. The Kier molecular flexibility index (Phi) is 5.20. The summed E-state index contributed by atoms with van der Waals surface area (Å²) in [5.41, 5.74) is 3.43. The second-order valence-corrected chi connectivity index (χ2v) is 5.98. The summed E-state index contributed by atoms with van der Waals surface area (Å²) in [6, 6.07) is 9.96. The van der Waals surface area contributed by atoms with Crippen LogP contribution in [0.25, 0.3) is 5.57 Å². The summed E-state index contributed by atoms with van der Waals surface area (Å²) in [5.74, 6) is 0. The Morgan fingerprint density at radius 2 is 2.04 bits per heavy atom. The standard InChI is InChI=1S/C18H21N3O3/c22-11-15(23)10-21(8-13-4-2-1-3-5-13)9-14-6-7-16-17(14)19-12-20-18(16)24/h1-6,12,15,22-23H,7-11H2,(H,19,20,24)/t15-/m1/s1. The maximum Gasteiger partial charge on any atom is 0.254 e. The van der Waals surface area contributed by atoms with Gasteiger partial charge < -0.3 is 15.2 Å². The average Bonchev–Trinajstić information content (AvgIpc) is 3.00. The lowest BCUT2D eigenvalue weighted by Crippen LogP contribution is -2.35. The van der Waals surface area contributed by atoms with Gasteiger partial charge in [0.15, 0.2) is 0 Å². The molecule has 126 valence electrons. The zero-order valence-electron chi connectivity index (χ0n) is 13.4. The molecule has 1 aromatic carbocycles. The van der Waals surface area contributed by atoms with Crippen molar-refractivity contribution in [3.63, 3.8) is 0 Å². The molecule has 1 aromatic heterocycles. The highest BCUT2D eigenvalue weighted by atomic mass is 16.3. The van der Waals surface area contributed by atoms with Crippen molar-refractivity contribution in [1.82, 2.24) is 14.9 Å². The third kappa shape index (κ3) is 3.79. The molecule has 0 amide bonds. The molecule has 0 spiro atoms. The second-order valence-electron chi connectivity index (χ2n) is 5.98. The zero-order valence-corrected chi connectivity index (χ0v) is 13.4. The van der Waals surface area contributed by atoms with Gasteiger partial charge in [-0.15, -0.1) is 0 Å². The number of allylic oxidation sites excluding steroid dienone is 1. The molecule has 24 heavy (non-hydrogen) atoms. The first-order valence-corrected chi connectivity index (χ1v) is 7.98. The molecule has 2 aromatic rings. The minimum absolute atomic E-state index is 0.101. The Morgan fingerprint density at radius 1 is 1.25 bits per heavy atom. The van der Waals surface area contributed by atoms with Crippen LogP contribution in [0, 0.1) is 0 Å². The van der Waals surface area contributed by atoms with Gasteiger partial charge in [-0.2, -0.15) is 0 Å². The Bertz CT molecular complexity index is 771. The lowest BCUT2D eigenvalue weighted by molar-refractivity contribution is 0.0610. The lowest BCUT2D eigenvalue weighted by Gasteiger charge is -2.25. The molecular weight excluding hydrogens is 306 g/mol.